The maximum absolute atomic E-state index is 11.3. The monoisotopic (exact) mass is 256 g/mol. The van der Waals surface area contributed by atoms with Gasteiger partial charge in [-0.2, -0.15) is 0 Å². The lowest BCUT2D eigenvalue weighted by molar-refractivity contribution is -0.131. The summed E-state index contributed by atoms with van der Waals surface area (Å²) in [6.45, 7) is 12.3. The molecule has 0 aromatic rings. The summed E-state index contributed by atoms with van der Waals surface area (Å²) in [4.78, 5) is 11.3. The first kappa shape index (κ1) is 14.6. The molecule has 0 heterocycles. The Bertz CT molecular complexity index is 341. The molecule has 1 aliphatic carbocycles. The zero-order valence-electron chi connectivity index (χ0n) is 11.7. The van der Waals surface area contributed by atoms with E-state index < -0.39 is 13.9 Å². The van der Waals surface area contributed by atoms with E-state index in [0.29, 0.717) is 6.42 Å². The van der Waals surface area contributed by atoms with Crippen LogP contribution in [0, 0.1) is 0 Å². The second kappa shape index (κ2) is 4.34. The molecule has 0 saturated carbocycles. The third kappa shape index (κ3) is 3.06. The fraction of sp³-hybridized carbons (Fsp3) is 0.769. The van der Waals surface area contributed by atoms with E-state index in [0.717, 1.165) is 0 Å². The van der Waals surface area contributed by atoms with E-state index in [2.05, 4.69) is 33.9 Å². The van der Waals surface area contributed by atoms with Gasteiger partial charge in [-0.1, -0.05) is 26.8 Å². The number of ketones is 1. The highest BCUT2D eigenvalue weighted by atomic mass is 28.4. The lowest BCUT2D eigenvalue weighted by Crippen LogP contribution is -2.44. The molecular formula is C13H24O3Si. The number of aliphatic hydroxyl groups is 1. The maximum atomic E-state index is 11.3. The number of rotatable bonds is 3. The zero-order chi connectivity index (χ0) is 13.5. The van der Waals surface area contributed by atoms with Crippen molar-refractivity contribution in [3.63, 3.8) is 0 Å². The van der Waals surface area contributed by atoms with Crippen molar-refractivity contribution in [3.05, 3.63) is 12.2 Å². The van der Waals surface area contributed by atoms with E-state index in [9.17, 15) is 9.90 Å². The predicted molar refractivity (Wildman–Crippen MR) is 71.5 cm³/mol. The topological polar surface area (TPSA) is 46.5 Å². The van der Waals surface area contributed by atoms with E-state index in [4.69, 9.17) is 4.43 Å². The normalized spacial score (nSPS) is 29.7. The molecule has 0 aliphatic heterocycles. The molecule has 1 aliphatic rings. The first-order chi connectivity index (χ1) is 7.48. The number of hydrogen-bond acceptors (Lipinski definition) is 3. The minimum Gasteiger partial charge on any atom is -0.410 e. The van der Waals surface area contributed by atoms with Crippen LogP contribution in [0.15, 0.2) is 12.2 Å². The van der Waals surface area contributed by atoms with E-state index in [1.165, 1.54) is 6.92 Å². The lowest BCUT2D eigenvalue weighted by atomic mass is 9.99. The molecule has 1 rings (SSSR count). The fourth-order valence-corrected chi connectivity index (χ4v) is 2.88. The van der Waals surface area contributed by atoms with Gasteiger partial charge in [0, 0.05) is 6.42 Å². The van der Waals surface area contributed by atoms with Crippen LogP contribution in [0.4, 0.5) is 0 Å². The van der Waals surface area contributed by atoms with Crippen molar-refractivity contribution in [2.24, 2.45) is 0 Å². The standard InChI is InChI=1S/C13H24O3Si/c1-10(14)13(15)8-7-11(9-13)16-17(5,6)12(2,3)4/h7-8,11,15H,9H2,1-6H3/t11-,13+/m1/s1. The van der Waals surface area contributed by atoms with Crippen LogP contribution in [-0.4, -0.2) is 30.9 Å². The van der Waals surface area contributed by atoms with Gasteiger partial charge in [-0.05, 0) is 31.1 Å². The van der Waals surface area contributed by atoms with Gasteiger partial charge >= 0.3 is 0 Å². The summed E-state index contributed by atoms with van der Waals surface area (Å²) in [5.41, 5.74) is -1.31. The van der Waals surface area contributed by atoms with Gasteiger partial charge in [0.1, 0.15) is 5.60 Å². The van der Waals surface area contributed by atoms with Crippen LogP contribution < -0.4 is 0 Å². The Balaban J connectivity index is 2.70. The second-order valence-electron chi connectivity index (χ2n) is 6.46. The largest absolute Gasteiger partial charge is 0.410 e. The highest BCUT2D eigenvalue weighted by molar-refractivity contribution is 6.74. The molecular weight excluding hydrogens is 232 g/mol. The summed E-state index contributed by atoms with van der Waals surface area (Å²) >= 11 is 0. The molecule has 4 heteroatoms. The molecule has 0 saturated heterocycles. The van der Waals surface area contributed by atoms with Crippen molar-refractivity contribution in [2.75, 3.05) is 0 Å². The number of hydrogen-bond donors (Lipinski definition) is 1. The molecule has 0 amide bonds. The highest BCUT2D eigenvalue weighted by Gasteiger charge is 2.43. The number of Topliss-reactive ketones (excluding diaryl/α,β-unsaturated/α-hetero) is 1. The summed E-state index contributed by atoms with van der Waals surface area (Å²) < 4.78 is 6.15. The average molecular weight is 256 g/mol. The summed E-state index contributed by atoms with van der Waals surface area (Å²) in [6, 6.07) is 0. The van der Waals surface area contributed by atoms with Gasteiger partial charge in [0.2, 0.25) is 0 Å². The minimum atomic E-state index is -1.84. The molecule has 0 spiro atoms. The van der Waals surface area contributed by atoms with Gasteiger partial charge < -0.3 is 9.53 Å². The Morgan fingerprint density at radius 3 is 2.35 bits per heavy atom. The van der Waals surface area contributed by atoms with Gasteiger partial charge in [0.15, 0.2) is 14.1 Å². The molecule has 1 N–H and O–H groups in total. The first-order valence-corrected chi connectivity index (χ1v) is 8.99. The maximum Gasteiger partial charge on any atom is 0.192 e. The molecule has 0 bridgehead atoms. The van der Waals surface area contributed by atoms with Crippen LogP contribution >= 0.6 is 0 Å². The van der Waals surface area contributed by atoms with E-state index in [-0.39, 0.29) is 16.9 Å². The van der Waals surface area contributed by atoms with Crippen molar-refractivity contribution in [3.8, 4) is 0 Å². The van der Waals surface area contributed by atoms with E-state index in [1.807, 2.05) is 6.08 Å². The van der Waals surface area contributed by atoms with E-state index >= 15 is 0 Å². The Morgan fingerprint density at radius 2 is 2.00 bits per heavy atom. The second-order valence-corrected chi connectivity index (χ2v) is 11.2. The van der Waals surface area contributed by atoms with Gasteiger partial charge in [-0.3, -0.25) is 4.79 Å². The Morgan fingerprint density at radius 1 is 1.47 bits per heavy atom. The quantitative estimate of drug-likeness (QED) is 0.624. The van der Waals surface area contributed by atoms with Crippen LogP contribution in [0.3, 0.4) is 0 Å². The fourth-order valence-electron chi connectivity index (χ4n) is 1.61. The van der Waals surface area contributed by atoms with Gasteiger partial charge in [-0.25, -0.2) is 0 Å². The van der Waals surface area contributed by atoms with Crippen LogP contribution in [0.5, 0.6) is 0 Å². The zero-order valence-corrected chi connectivity index (χ0v) is 12.7. The third-order valence-corrected chi connectivity index (χ3v) is 8.47. The van der Waals surface area contributed by atoms with Crippen molar-refractivity contribution >= 4 is 14.1 Å². The highest BCUT2D eigenvalue weighted by Crippen LogP contribution is 2.39. The van der Waals surface area contributed by atoms with Gasteiger partial charge in [0.25, 0.3) is 0 Å². The van der Waals surface area contributed by atoms with Crippen molar-refractivity contribution in [1.82, 2.24) is 0 Å². The average Bonchev–Trinajstić information content (AvgIpc) is 2.46. The third-order valence-electron chi connectivity index (χ3n) is 3.96. The minimum absolute atomic E-state index is 0.134. The van der Waals surface area contributed by atoms with Crippen LogP contribution in [-0.2, 0) is 9.22 Å². The summed E-state index contributed by atoms with van der Waals surface area (Å²) in [5.74, 6) is -0.213. The molecule has 3 nitrogen and oxygen atoms in total. The SMILES string of the molecule is CC(=O)[C@]1(O)C=C[C@@H](O[Si](C)(C)C(C)(C)C)C1. The van der Waals surface area contributed by atoms with Gasteiger partial charge in [-0.15, -0.1) is 0 Å². The molecule has 0 fully saturated rings. The summed E-state index contributed by atoms with van der Waals surface area (Å²) in [7, 11) is -1.84. The lowest BCUT2D eigenvalue weighted by Gasteiger charge is -2.38. The molecule has 0 aromatic heterocycles. The molecule has 0 radical (unpaired) electrons. The predicted octanol–water partition coefficient (Wildman–Crippen LogP) is 2.66. The molecule has 17 heavy (non-hydrogen) atoms. The summed E-state index contributed by atoms with van der Waals surface area (Å²) in [6.07, 6.45) is 3.62. The van der Waals surface area contributed by atoms with Crippen LogP contribution in [0.25, 0.3) is 0 Å². The number of carbonyl (C=O) groups is 1. The van der Waals surface area contributed by atoms with Crippen molar-refractivity contribution < 1.29 is 14.3 Å². The Labute approximate surface area is 105 Å². The molecule has 98 valence electrons. The van der Waals surface area contributed by atoms with Crippen molar-refractivity contribution in [1.29, 1.82) is 0 Å². The van der Waals surface area contributed by atoms with Gasteiger partial charge in [0.05, 0.1) is 6.10 Å². The summed E-state index contributed by atoms with van der Waals surface area (Å²) in [5, 5.41) is 10.2. The number of carbonyl (C=O) groups excluding carboxylic acids is 1. The smallest absolute Gasteiger partial charge is 0.192 e. The Kier molecular flexibility index (Phi) is 3.73. The van der Waals surface area contributed by atoms with Crippen molar-refractivity contribution in [2.45, 2.75) is 64.0 Å². The van der Waals surface area contributed by atoms with Crippen LogP contribution in [0.1, 0.15) is 34.1 Å². The Hall–Kier alpha value is -0.453. The first-order valence-electron chi connectivity index (χ1n) is 6.08. The molecule has 2 atom stereocenters. The van der Waals surface area contributed by atoms with E-state index in [1.54, 1.807) is 6.08 Å². The molecule has 0 aromatic carbocycles. The van der Waals surface area contributed by atoms with Crippen LogP contribution in [0.2, 0.25) is 18.1 Å². The molecule has 0 unspecified atom stereocenters.